The first-order valence-electron chi connectivity index (χ1n) is 6.77. The molecule has 24 heavy (non-hydrogen) atoms. The van der Waals surface area contributed by atoms with Gasteiger partial charge in [0.05, 0.1) is 11.1 Å². The first-order valence-corrected chi connectivity index (χ1v) is 6.77. The summed E-state index contributed by atoms with van der Waals surface area (Å²) in [4.78, 5) is 30.1. The minimum atomic E-state index is -1.23. The van der Waals surface area contributed by atoms with Gasteiger partial charge in [0.15, 0.2) is 0 Å². The lowest BCUT2D eigenvalue weighted by molar-refractivity contribution is 0.0684. The summed E-state index contributed by atoms with van der Waals surface area (Å²) in [5.74, 6) is -2.26. The van der Waals surface area contributed by atoms with E-state index in [4.69, 9.17) is 10.2 Å². The summed E-state index contributed by atoms with van der Waals surface area (Å²) in [7, 11) is 0. The minimum Gasteiger partial charge on any atom is -0.507 e. The van der Waals surface area contributed by atoms with Crippen LogP contribution in [0.3, 0.4) is 0 Å². The predicted octanol–water partition coefficient (Wildman–Crippen LogP) is 2.48. The first-order chi connectivity index (χ1) is 11.5. The van der Waals surface area contributed by atoms with E-state index in [0.717, 1.165) is 0 Å². The molecule has 0 radical (unpaired) electrons. The van der Waals surface area contributed by atoms with Crippen molar-refractivity contribution in [3.63, 3.8) is 0 Å². The maximum Gasteiger partial charge on any atom is 0.339 e. The summed E-state index contributed by atoms with van der Waals surface area (Å²) in [6, 6.07) is 8.46. The summed E-state index contributed by atoms with van der Waals surface area (Å²) in [6.45, 7) is 0. The summed E-state index contributed by atoms with van der Waals surface area (Å²) < 4.78 is 0. The number of hydrogen-bond acceptors (Lipinski definition) is 6. The van der Waals surface area contributed by atoms with Crippen molar-refractivity contribution in [2.45, 2.75) is 0 Å². The number of fused-ring (bicyclic) bond motifs is 1. The molecule has 8 nitrogen and oxygen atoms in total. The van der Waals surface area contributed by atoms with Crippen molar-refractivity contribution in [2.24, 2.45) is 0 Å². The van der Waals surface area contributed by atoms with Gasteiger partial charge in [-0.1, -0.05) is 0 Å². The van der Waals surface area contributed by atoms with E-state index in [1.807, 2.05) is 0 Å². The molecular weight excluding hydrogens is 314 g/mol. The van der Waals surface area contributed by atoms with E-state index < -0.39 is 11.9 Å². The van der Waals surface area contributed by atoms with Crippen LogP contribution in [0.4, 0.5) is 11.5 Å². The van der Waals surface area contributed by atoms with Crippen LogP contribution in [0, 0.1) is 0 Å². The topological polar surface area (TPSA) is 133 Å². The van der Waals surface area contributed by atoms with Gasteiger partial charge in [0.1, 0.15) is 23.5 Å². The van der Waals surface area contributed by atoms with E-state index in [0.29, 0.717) is 22.4 Å². The van der Waals surface area contributed by atoms with Gasteiger partial charge in [-0.3, -0.25) is 0 Å². The van der Waals surface area contributed by atoms with Crippen molar-refractivity contribution in [1.82, 2.24) is 9.97 Å². The molecule has 0 aliphatic heterocycles. The van der Waals surface area contributed by atoms with Crippen LogP contribution in [-0.4, -0.2) is 37.2 Å². The number of carboxylic acids is 2. The number of phenols is 1. The Morgan fingerprint density at radius 1 is 0.958 bits per heavy atom. The predicted molar refractivity (Wildman–Crippen MR) is 84.8 cm³/mol. The molecule has 0 aliphatic rings. The molecule has 0 atom stereocenters. The molecule has 0 saturated heterocycles. The van der Waals surface area contributed by atoms with Gasteiger partial charge in [0.25, 0.3) is 0 Å². The lowest BCUT2D eigenvalue weighted by Crippen LogP contribution is -2.00. The summed E-state index contributed by atoms with van der Waals surface area (Å²) in [5.41, 5.74) is 0.772. The molecule has 2 aromatic carbocycles. The van der Waals surface area contributed by atoms with E-state index in [1.165, 1.54) is 36.7 Å². The van der Waals surface area contributed by atoms with Crippen molar-refractivity contribution < 1.29 is 24.9 Å². The van der Waals surface area contributed by atoms with Crippen LogP contribution in [0.1, 0.15) is 20.7 Å². The van der Waals surface area contributed by atoms with Crippen LogP contribution in [0.2, 0.25) is 0 Å². The molecule has 3 aromatic rings. The number of hydrogen-bond donors (Lipinski definition) is 4. The third-order valence-electron chi connectivity index (χ3n) is 3.37. The standard InChI is InChI=1S/C16H11N3O5/c20-13-6-9(2-4-11(13)16(23)24)19-14-10-3-1-8(15(21)22)5-12(10)17-7-18-14/h1-7,20H,(H,21,22)(H,23,24)(H,17,18,19). The zero-order valence-corrected chi connectivity index (χ0v) is 12.1. The molecule has 0 unspecified atom stereocenters. The highest BCUT2D eigenvalue weighted by molar-refractivity contribution is 5.97. The van der Waals surface area contributed by atoms with E-state index in [2.05, 4.69) is 15.3 Å². The van der Waals surface area contributed by atoms with Crippen LogP contribution < -0.4 is 5.32 Å². The third-order valence-corrected chi connectivity index (χ3v) is 3.37. The van der Waals surface area contributed by atoms with Crippen LogP contribution >= 0.6 is 0 Å². The molecule has 0 spiro atoms. The van der Waals surface area contributed by atoms with Gasteiger partial charge in [0, 0.05) is 17.1 Å². The monoisotopic (exact) mass is 325 g/mol. The van der Waals surface area contributed by atoms with Crippen LogP contribution in [0.25, 0.3) is 10.9 Å². The quantitative estimate of drug-likeness (QED) is 0.575. The van der Waals surface area contributed by atoms with E-state index in [9.17, 15) is 14.7 Å². The number of rotatable bonds is 4. The van der Waals surface area contributed by atoms with Crippen molar-refractivity contribution >= 4 is 34.3 Å². The number of carboxylic acid groups (broad SMARTS) is 2. The molecule has 1 aromatic heterocycles. The lowest BCUT2D eigenvalue weighted by atomic mass is 10.1. The fourth-order valence-electron chi connectivity index (χ4n) is 2.22. The Morgan fingerprint density at radius 2 is 1.75 bits per heavy atom. The second-order valence-corrected chi connectivity index (χ2v) is 4.92. The van der Waals surface area contributed by atoms with Gasteiger partial charge < -0.3 is 20.6 Å². The number of nitrogens with zero attached hydrogens (tertiary/aromatic N) is 2. The summed E-state index contributed by atoms with van der Waals surface area (Å²) in [6.07, 6.45) is 1.28. The molecule has 0 fully saturated rings. The maximum absolute atomic E-state index is 11.0. The average Bonchev–Trinajstić information content (AvgIpc) is 2.54. The maximum atomic E-state index is 11.0. The largest absolute Gasteiger partial charge is 0.507 e. The third kappa shape index (κ3) is 2.80. The van der Waals surface area contributed by atoms with Gasteiger partial charge in [-0.25, -0.2) is 19.6 Å². The number of aromatic hydroxyl groups is 1. The minimum absolute atomic E-state index is 0.107. The number of anilines is 2. The molecule has 1 heterocycles. The molecule has 8 heteroatoms. The lowest BCUT2D eigenvalue weighted by Gasteiger charge is -2.10. The summed E-state index contributed by atoms with van der Waals surface area (Å²) >= 11 is 0. The molecule has 4 N–H and O–H groups in total. The van der Waals surface area contributed by atoms with Gasteiger partial charge in [-0.2, -0.15) is 0 Å². The SMILES string of the molecule is O=C(O)c1ccc2c(Nc3ccc(C(=O)O)c(O)c3)ncnc2c1. The zero-order chi connectivity index (χ0) is 17.3. The smallest absolute Gasteiger partial charge is 0.339 e. The number of carbonyl (C=O) groups is 2. The van der Waals surface area contributed by atoms with Crippen molar-refractivity contribution in [3.05, 3.63) is 53.9 Å². The van der Waals surface area contributed by atoms with Gasteiger partial charge in [0.2, 0.25) is 0 Å². The Balaban J connectivity index is 2.00. The second-order valence-electron chi connectivity index (χ2n) is 4.92. The first kappa shape index (κ1) is 15.2. The van der Waals surface area contributed by atoms with Crippen LogP contribution in [-0.2, 0) is 0 Å². The molecule has 0 aliphatic carbocycles. The fraction of sp³-hybridized carbons (Fsp3) is 0. The van der Waals surface area contributed by atoms with Crippen molar-refractivity contribution in [3.8, 4) is 5.75 Å². The summed E-state index contributed by atoms with van der Waals surface area (Å²) in [5, 5.41) is 31.2. The highest BCUT2D eigenvalue weighted by Crippen LogP contribution is 2.27. The van der Waals surface area contributed by atoms with E-state index >= 15 is 0 Å². The van der Waals surface area contributed by atoms with E-state index in [1.54, 1.807) is 6.07 Å². The Bertz CT molecular complexity index is 971. The van der Waals surface area contributed by atoms with Gasteiger partial charge in [-0.15, -0.1) is 0 Å². The molecule has 0 saturated carbocycles. The Hall–Kier alpha value is -3.68. The molecular formula is C16H11N3O5. The zero-order valence-electron chi connectivity index (χ0n) is 12.1. The number of aromatic nitrogens is 2. The fourth-order valence-corrected chi connectivity index (χ4v) is 2.22. The highest BCUT2D eigenvalue weighted by Gasteiger charge is 2.12. The highest BCUT2D eigenvalue weighted by atomic mass is 16.4. The Kier molecular flexibility index (Phi) is 3.70. The normalized spacial score (nSPS) is 10.5. The molecule has 3 rings (SSSR count). The van der Waals surface area contributed by atoms with Crippen LogP contribution in [0.5, 0.6) is 5.75 Å². The van der Waals surface area contributed by atoms with E-state index in [-0.39, 0.29) is 16.9 Å². The number of nitrogens with one attached hydrogen (secondary N) is 1. The van der Waals surface area contributed by atoms with Gasteiger partial charge in [-0.05, 0) is 30.3 Å². The Morgan fingerprint density at radius 3 is 2.42 bits per heavy atom. The van der Waals surface area contributed by atoms with Gasteiger partial charge >= 0.3 is 11.9 Å². The molecule has 0 bridgehead atoms. The molecule has 120 valence electrons. The van der Waals surface area contributed by atoms with Crippen molar-refractivity contribution in [1.29, 1.82) is 0 Å². The number of aromatic carboxylic acids is 2. The number of benzene rings is 2. The molecule has 0 amide bonds. The average molecular weight is 325 g/mol. The van der Waals surface area contributed by atoms with Crippen molar-refractivity contribution in [2.75, 3.05) is 5.32 Å². The Labute approximate surface area is 135 Å². The second kappa shape index (κ2) is 5.84. The van der Waals surface area contributed by atoms with Crippen LogP contribution in [0.15, 0.2) is 42.7 Å².